The van der Waals surface area contributed by atoms with E-state index in [1.54, 1.807) is 12.5 Å². The monoisotopic (exact) mass is 159 g/mol. The summed E-state index contributed by atoms with van der Waals surface area (Å²) in [5, 5.41) is 0. The lowest BCUT2D eigenvalue weighted by atomic mass is 10.1. The maximum atomic E-state index is 5.36. The van der Waals surface area contributed by atoms with Gasteiger partial charge in [-0.1, -0.05) is 12.1 Å². The fourth-order valence-electron chi connectivity index (χ4n) is 1.12. The molecule has 0 spiro atoms. The Morgan fingerprint density at radius 1 is 1.33 bits per heavy atom. The Morgan fingerprint density at radius 3 is 3.00 bits per heavy atom. The third-order valence-corrected chi connectivity index (χ3v) is 1.71. The maximum Gasteiger partial charge on any atom is 0.143 e. The van der Waals surface area contributed by atoms with Crippen molar-refractivity contribution >= 4 is 0 Å². The summed E-state index contributed by atoms with van der Waals surface area (Å²) in [7, 11) is 0. The van der Waals surface area contributed by atoms with E-state index in [0.717, 1.165) is 5.56 Å². The first-order chi connectivity index (χ1) is 5.97. The van der Waals surface area contributed by atoms with Gasteiger partial charge in [-0.15, -0.1) is 0 Å². The van der Waals surface area contributed by atoms with E-state index in [2.05, 4.69) is 4.98 Å². The lowest BCUT2D eigenvalue weighted by Crippen LogP contribution is -1.99. The molecule has 1 unspecified atom stereocenters. The van der Waals surface area contributed by atoms with E-state index in [-0.39, 0.29) is 6.10 Å². The smallest absolute Gasteiger partial charge is 0.143 e. The molecule has 0 saturated heterocycles. The zero-order valence-electron chi connectivity index (χ0n) is 6.55. The minimum atomic E-state index is 0.0312. The number of aromatic nitrogens is 1. The second-order valence-electron chi connectivity index (χ2n) is 2.56. The number of pyridine rings is 1. The predicted octanol–water partition coefficient (Wildman–Crippen LogP) is 2.22. The molecule has 0 amide bonds. The summed E-state index contributed by atoms with van der Waals surface area (Å²) in [6.07, 6.45) is 11.1. The first kappa shape index (κ1) is 7.10. The number of hydrogen-bond acceptors (Lipinski definition) is 2. The van der Waals surface area contributed by atoms with E-state index in [4.69, 9.17) is 4.74 Å². The predicted molar refractivity (Wildman–Crippen MR) is 46.3 cm³/mol. The average Bonchev–Trinajstić information content (AvgIpc) is 2.21. The lowest BCUT2D eigenvalue weighted by Gasteiger charge is -2.14. The van der Waals surface area contributed by atoms with Crippen LogP contribution in [0.4, 0.5) is 0 Å². The Labute approximate surface area is 71.2 Å². The molecular weight excluding hydrogens is 150 g/mol. The molecule has 0 fully saturated rings. The van der Waals surface area contributed by atoms with Crippen LogP contribution in [0, 0.1) is 0 Å². The van der Waals surface area contributed by atoms with E-state index in [1.807, 2.05) is 36.6 Å². The molecule has 1 aliphatic heterocycles. The van der Waals surface area contributed by atoms with E-state index in [1.165, 1.54) is 0 Å². The van der Waals surface area contributed by atoms with Crippen LogP contribution in [0.15, 0.2) is 49.0 Å². The van der Waals surface area contributed by atoms with Crippen molar-refractivity contribution in [3.8, 4) is 0 Å². The van der Waals surface area contributed by atoms with Gasteiger partial charge in [0.2, 0.25) is 0 Å². The van der Waals surface area contributed by atoms with Crippen molar-refractivity contribution in [1.29, 1.82) is 0 Å². The highest BCUT2D eigenvalue weighted by atomic mass is 16.5. The van der Waals surface area contributed by atoms with Crippen LogP contribution in [0.1, 0.15) is 11.7 Å². The largest absolute Gasteiger partial charge is 0.489 e. The molecule has 12 heavy (non-hydrogen) atoms. The molecule has 1 aromatic heterocycles. The standard InChI is InChI=1S/C10H9NO/c1-2-7-12-10(5-1)9-4-3-6-11-8-9/h1-8,10H. The summed E-state index contributed by atoms with van der Waals surface area (Å²) in [6.45, 7) is 0. The highest BCUT2D eigenvalue weighted by Crippen LogP contribution is 2.20. The van der Waals surface area contributed by atoms with Crippen molar-refractivity contribution in [3.05, 3.63) is 54.6 Å². The van der Waals surface area contributed by atoms with Gasteiger partial charge in [0.1, 0.15) is 6.10 Å². The van der Waals surface area contributed by atoms with Crippen LogP contribution in [0.3, 0.4) is 0 Å². The van der Waals surface area contributed by atoms with Crippen LogP contribution in [-0.4, -0.2) is 4.98 Å². The van der Waals surface area contributed by atoms with Crippen molar-refractivity contribution in [1.82, 2.24) is 4.98 Å². The first-order valence-electron chi connectivity index (χ1n) is 3.85. The molecule has 0 N–H and O–H groups in total. The van der Waals surface area contributed by atoms with E-state index in [0.29, 0.717) is 0 Å². The molecule has 2 heterocycles. The minimum absolute atomic E-state index is 0.0312. The summed E-state index contributed by atoms with van der Waals surface area (Å²) in [5.74, 6) is 0. The fraction of sp³-hybridized carbons (Fsp3) is 0.100. The molecule has 1 aromatic rings. The zero-order valence-corrected chi connectivity index (χ0v) is 6.55. The molecule has 2 rings (SSSR count). The number of nitrogens with zero attached hydrogens (tertiary/aromatic N) is 1. The lowest BCUT2D eigenvalue weighted by molar-refractivity contribution is 0.186. The number of rotatable bonds is 1. The van der Waals surface area contributed by atoms with Crippen molar-refractivity contribution < 1.29 is 4.74 Å². The van der Waals surface area contributed by atoms with Gasteiger partial charge in [0.15, 0.2) is 0 Å². The number of ether oxygens (including phenoxy) is 1. The molecule has 0 saturated carbocycles. The molecule has 1 aliphatic rings. The first-order valence-corrected chi connectivity index (χ1v) is 3.85. The molecule has 0 radical (unpaired) electrons. The highest BCUT2D eigenvalue weighted by Gasteiger charge is 2.07. The SMILES string of the molecule is C1=COC(c2cccnc2)C=C1. The third kappa shape index (κ3) is 1.37. The van der Waals surface area contributed by atoms with Crippen molar-refractivity contribution in [2.45, 2.75) is 6.10 Å². The van der Waals surface area contributed by atoms with E-state index < -0.39 is 0 Å². The van der Waals surface area contributed by atoms with Crippen LogP contribution in [0.5, 0.6) is 0 Å². The fourth-order valence-corrected chi connectivity index (χ4v) is 1.12. The Balaban J connectivity index is 2.21. The van der Waals surface area contributed by atoms with Crippen LogP contribution in [0.2, 0.25) is 0 Å². The van der Waals surface area contributed by atoms with Gasteiger partial charge in [-0.2, -0.15) is 0 Å². The third-order valence-electron chi connectivity index (χ3n) is 1.71. The van der Waals surface area contributed by atoms with Gasteiger partial charge in [-0.3, -0.25) is 4.98 Å². The maximum absolute atomic E-state index is 5.36. The molecule has 2 nitrogen and oxygen atoms in total. The molecule has 0 aromatic carbocycles. The van der Waals surface area contributed by atoms with Crippen LogP contribution in [0.25, 0.3) is 0 Å². The second-order valence-corrected chi connectivity index (χ2v) is 2.56. The summed E-state index contributed by atoms with van der Waals surface area (Å²) in [5.41, 5.74) is 1.08. The second kappa shape index (κ2) is 3.22. The van der Waals surface area contributed by atoms with Gasteiger partial charge in [0.05, 0.1) is 6.26 Å². The average molecular weight is 159 g/mol. The molecule has 0 bridgehead atoms. The normalized spacial score (nSPS) is 20.5. The van der Waals surface area contributed by atoms with Gasteiger partial charge in [0, 0.05) is 18.0 Å². The Bertz CT molecular complexity index is 303. The molecular formula is C10H9NO. The molecule has 60 valence electrons. The van der Waals surface area contributed by atoms with Crippen molar-refractivity contribution in [2.24, 2.45) is 0 Å². The van der Waals surface area contributed by atoms with Crippen molar-refractivity contribution in [3.63, 3.8) is 0 Å². The van der Waals surface area contributed by atoms with Gasteiger partial charge in [-0.05, 0) is 18.2 Å². The van der Waals surface area contributed by atoms with E-state index >= 15 is 0 Å². The summed E-state index contributed by atoms with van der Waals surface area (Å²) in [6, 6.07) is 3.91. The Kier molecular flexibility index (Phi) is 1.90. The summed E-state index contributed by atoms with van der Waals surface area (Å²) >= 11 is 0. The van der Waals surface area contributed by atoms with Crippen LogP contribution >= 0.6 is 0 Å². The number of hydrogen-bond donors (Lipinski definition) is 0. The van der Waals surface area contributed by atoms with Gasteiger partial charge >= 0.3 is 0 Å². The minimum Gasteiger partial charge on any atom is -0.489 e. The van der Waals surface area contributed by atoms with Gasteiger partial charge in [-0.25, -0.2) is 0 Å². The van der Waals surface area contributed by atoms with Gasteiger partial charge in [0.25, 0.3) is 0 Å². The van der Waals surface area contributed by atoms with Gasteiger partial charge < -0.3 is 4.74 Å². The van der Waals surface area contributed by atoms with Crippen LogP contribution < -0.4 is 0 Å². The topological polar surface area (TPSA) is 22.1 Å². The van der Waals surface area contributed by atoms with Crippen LogP contribution in [-0.2, 0) is 4.74 Å². The molecule has 2 heteroatoms. The summed E-state index contributed by atoms with van der Waals surface area (Å²) in [4.78, 5) is 4.02. The van der Waals surface area contributed by atoms with E-state index in [9.17, 15) is 0 Å². The van der Waals surface area contributed by atoms with Crippen molar-refractivity contribution in [2.75, 3.05) is 0 Å². The number of allylic oxidation sites excluding steroid dienone is 2. The zero-order chi connectivity index (χ0) is 8.23. The Hall–Kier alpha value is -1.57. The summed E-state index contributed by atoms with van der Waals surface area (Å²) < 4.78 is 5.36. The Morgan fingerprint density at radius 2 is 2.33 bits per heavy atom. The quantitative estimate of drug-likeness (QED) is 0.626. The molecule has 0 aliphatic carbocycles. The molecule has 1 atom stereocenters. The highest BCUT2D eigenvalue weighted by molar-refractivity contribution is 5.21.